The van der Waals surface area contributed by atoms with Crippen LogP contribution in [0.5, 0.6) is 0 Å². The average Bonchev–Trinajstić information content (AvgIpc) is 2.69. The average molecular weight is 533 g/mol. The van der Waals surface area contributed by atoms with E-state index in [1.807, 2.05) is 0 Å². The number of hydrogen-bond donors (Lipinski definition) is 1. The van der Waals surface area contributed by atoms with Crippen LogP contribution in [-0.2, 0) is 29.2 Å². The second-order valence-corrected chi connectivity index (χ2v) is 8.50. The van der Waals surface area contributed by atoms with Crippen molar-refractivity contribution in [2.45, 2.75) is 69.1 Å². The zero-order chi connectivity index (χ0) is 27.0. The predicted molar refractivity (Wildman–Crippen MR) is 103 cm³/mol. The number of halogens is 7. The van der Waals surface area contributed by atoms with E-state index < -0.39 is 71.0 Å². The van der Waals surface area contributed by atoms with Crippen LogP contribution in [0.1, 0.15) is 46.0 Å². The highest BCUT2D eigenvalue weighted by Gasteiger charge is 2.67. The van der Waals surface area contributed by atoms with Crippen LogP contribution in [0.4, 0.5) is 30.7 Å². The molecule has 0 bridgehead atoms. The van der Waals surface area contributed by atoms with E-state index in [2.05, 4.69) is 16.1 Å². The van der Waals surface area contributed by atoms with Gasteiger partial charge in [-0.05, 0) is 25.7 Å². The summed E-state index contributed by atoms with van der Waals surface area (Å²) in [6, 6.07) is 0. The van der Waals surface area contributed by atoms with Crippen molar-refractivity contribution in [3.8, 4) is 0 Å². The maximum Gasteiger partial charge on any atom is 0.466 e. The summed E-state index contributed by atoms with van der Waals surface area (Å²) < 4.78 is 133. The summed E-state index contributed by atoms with van der Waals surface area (Å²) in [5, 5.41) is -5.84. The zero-order valence-electron chi connectivity index (χ0n) is 18.3. The molecular formula is C18H26F7NO7S. The molecule has 1 atom stereocenters. The van der Waals surface area contributed by atoms with E-state index in [9.17, 15) is 48.7 Å². The summed E-state index contributed by atoms with van der Waals surface area (Å²) in [7, 11) is -6.47. The number of amides is 1. The fourth-order valence-electron chi connectivity index (χ4n) is 2.64. The second-order valence-electron chi connectivity index (χ2n) is 7.03. The Morgan fingerprint density at radius 1 is 1.00 bits per heavy atom. The maximum absolute atomic E-state index is 14.0. The first-order valence-electron chi connectivity index (χ1n) is 9.92. The van der Waals surface area contributed by atoms with E-state index in [0.717, 1.165) is 4.90 Å². The van der Waals surface area contributed by atoms with E-state index >= 15 is 0 Å². The van der Waals surface area contributed by atoms with Crippen LogP contribution < -0.4 is 0 Å². The molecule has 200 valence electrons. The van der Waals surface area contributed by atoms with Gasteiger partial charge in [0.1, 0.15) is 0 Å². The summed E-state index contributed by atoms with van der Waals surface area (Å²) in [4.78, 5) is 25.1. The highest BCUT2D eigenvalue weighted by Crippen LogP contribution is 2.42. The van der Waals surface area contributed by atoms with Gasteiger partial charge in [-0.15, -0.1) is 0 Å². The molecule has 0 rings (SSSR count). The second kappa shape index (κ2) is 12.2. The van der Waals surface area contributed by atoms with Crippen LogP contribution in [0.15, 0.2) is 12.7 Å². The Kier molecular flexibility index (Phi) is 11.5. The molecule has 0 heterocycles. The molecule has 0 aliphatic carbocycles. The molecule has 1 unspecified atom stereocenters. The first kappa shape index (κ1) is 32.1. The highest BCUT2D eigenvalue weighted by atomic mass is 32.2. The van der Waals surface area contributed by atoms with E-state index in [0.29, 0.717) is 6.08 Å². The van der Waals surface area contributed by atoms with Gasteiger partial charge < -0.3 is 14.4 Å². The van der Waals surface area contributed by atoms with Gasteiger partial charge in [0, 0.05) is 25.6 Å². The molecule has 34 heavy (non-hydrogen) atoms. The van der Waals surface area contributed by atoms with Crippen molar-refractivity contribution < 1.29 is 62.8 Å². The van der Waals surface area contributed by atoms with Crippen LogP contribution in [0.25, 0.3) is 0 Å². The van der Waals surface area contributed by atoms with Gasteiger partial charge in [-0.2, -0.15) is 39.2 Å². The van der Waals surface area contributed by atoms with Crippen molar-refractivity contribution in [1.82, 2.24) is 4.90 Å². The maximum atomic E-state index is 14.0. The van der Waals surface area contributed by atoms with Gasteiger partial charge in [0.2, 0.25) is 0 Å². The first-order valence-corrected chi connectivity index (χ1v) is 11.4. The number of rotatable bonds is 15. The van der Waals surface area contributed by atoms with Gasteiger partial charge in [0.15, 0.2) is 0 Å². The molecule has 0 radical (unpaired) electrons. The molecule has 0 saturated heterocycles. The minimum Gasteiger partial charge on any atom is -0.412 e. The van der Waals surface area contributed by atoms with Crippen molar-refractivity contribution in [3.05, 3.63) is 12.7 Å². The fraction of sp³-hybridized carbons (Fsp3) is 0.778. The molecule has 0 aliphatic heterocycles. The van der Waals surface area contributed by atoms with Crippen LogP contribution in [-0.4, -0.2) is 72.6 Å². The summed E-state index contributed by atoms with van der Waals surface area (Å²) in [6.45, 7) is 4.55. The van der Waals surface area contributed by atoms with Crippen molar-refractivity contribution in [2.24, 2.45) is 0 Å². The molecule has 8 nitrogen and oxygen atoms in total. The van der Waals surface area contributed by atoms with Crippen LogP contribution in [0.2, 0.25) is 0 Å². The van der Waals surface area contributed by atoms with Crippen LogP contribution in [0.3, 0.4) is 0 Å². The highest BCUT2D eigenvalue weighted by molar-refractivity contribution is 7.87. The lowest BCUT2D eigenvalue weighted by molar-refractivity contribution is -0.350. The third-order valence-corrected chi connectivity index (χ3v) is 5.23. The first-order chi connectivity index (χ1) is 15.3. The molecule has 16 heteroatoms. The molecule has 0 aromatic rings. The normalized spacial score (nSPS) is 14.9. The molecule has 0 fully saturated rings. The smallest absolute Gasteiger partial charge is 0.412 e. The number of hydrogen-bond acceptors (Lipinski definition) is 6. The minimum atomic E-state index is -6.47. The lowest BCUT2D eigenvalue weighted by Crippen LogP contribution is -2.62. The number of nitrogens with zero attached hydrogens (tertiary/aromatic N) is 1. The summed E-state index contributed by atoms with van der Waals surface area (Å²) in [5.41, 5.74) is 0. The Morgan fingerprint density at radius 3 is 1.88 bits per heavy atom. The Labute approximate surface area is 191 Å². The largest absolute Gasteiger partial charge is 0.466 e. The predicted octanol–water partition coefficient (Wildman–Crippen LogP) is 3.93. The molecular weight excluding hydrogens is 507 g/mol. The summed E-state index contributed by atoms with van der Waals surface area (Å²) in [5.74, 6) is -12.9. The molecule has 0 aromatic heterocycles. The van der Waals surface area contributed by atoms with Crippen LogP contribution in [0, 0.1) is 0 Å². The summed E-state index contributed by atoms with van der Waals surface area (Å²) in [6.07, 6.45) is -8.53. The van der Waals surface area contributed by atoms with Crippen molar-refractivity contribution in [1.29, 1.82) is 0 Å². The number of carbonyl (C=O) groups excluding carboxylic acids is 2. The molecule has 0 aliphatic rings. The van der Waals surface area contributed by atoms with Gasteiger partial charge in [-0.25, -0.2) is 4.79 Å². The van der Waals surface area contributed by atoms with Gasteiger partial charge in [-0.3, -0.25) is 9.35 Å². The van der Waals surface area contributed by atoms with Gasteiger partial charge >= 0.3 is 45.1 Å². The number of carbonyl (C=O) groups is 2. The fourth-order valence-corrected chi connectivity index (χ4v) is 3.12. The van der Waals surface area contributed by atoms with E-state index in [1.54, 1.807) is 13.8 Å². The standard InChI is InChI=1S/C18H26F7NO7S/c1-4-10-26(11-5-2)14(28)16(17(21,22)23,33-13(27)6-3)32-12-8-7-9-15(19,20)18(24,25)34(29,30)31/h6H,3-5,7-12H2,1-2H3,(H,29,30,31). The Balaban J connectivity index is 5.74. The number of unbranched alkanes of at least 4 members (excludes halogenated alkanes) is 1. The topological polar surface area (TPSA) is 110 Å². The minimum absolute atomic E-state index is 0.170. The van der Waals surface area contributed by atoms with Crippen molar-refractivity contribution in [2.75, 3.05) is 19.7 Å². The van der Waals surface area contributed by atoms with Crippen molar-refractivity contribution >= 4 is 22.0 Å². The molecule has 1 amide bonds. The van der Waals surface area contributed by atoms with E-state index in [4.69, 9.17) is 4.55 Å². The lowest BCUT2D eigenvalue weighted by Gasteiger charge is -2.36. The third kappa shape index (κ3) is 7.53. The SMILES string of the molecule is C=CC(=O)OC(OCCCCC(F)(F)C(F)(F)S(=O)(=O)O)(C(=O)N(CCC)CCC)C(F)(F)F. The monoisotopic (exact) mass is 533 g/mol. The van der Waals surface area contributed by atoms with Gasteiger partial charge in [0.25, 0.3) is 0 Å². The molecule has 0 spiro atoms. The number of alkyl halides is 7. The van der Waals surface area contributed by atoms with Crippen LogP contribution >= 0.6 is 0 Å². The molecule has 0 saturated carbocycles. The molecule has 1 N–H and O–H groups in total. The molecule has 0 aromatic carbocycles. The Bertz CT molecular complexity index is 812. The number of esters is 1. The summed E-state index contributed by atoms with van der Waals surface area (Å²) >= 11 is 0. The Hall–Kier alpha value is -1.94. The Morgan fingerprint density at radius 2 is 1.50 bits per heavy atom. The third-order valence-electron chi connectivity index (χ3n) is 4.28. The van der Waals surface area contributed by atoms with E-state index in [1.165, 1.54) is 0 Å². The lowest BCUT2D eigenvalue weighted by atomic mass is 10.1. The number of ether oxygens (including phenoxy) is 2. The van der Waals surface area contributed by atoms with E-state index in [-0.39, 0.29) is 25.9 Å². The van der Waals surface area contributed by atoms with Gasteiger partial charge in [-0.1, -0.05) is 20.4 Å². The zero-order valence-corrected chi connectivity index (χ0v) is 19.2. The van der Waals surface area contributed by atoms with Gasteiger partial charge in [0.05, 0.1) is 6.61 Å². The quantitative estimate of drug-likeness (QED) is 0.0849. The van der Waals surface area contributed by atoms with Crippen molar-refractivity contribution in [3.63, 3.8) is 0 Å².